The van der Waals surface area contributed by atoms with Crippen molar-refractivity contribution >= 4 is 11.6 Å². The predicted molar refractivity (Wildman–Crippen MR) is 82.8 cm³/mol. The quantitative estimate of drug-likeness (QED) is 0.810. The van der Waals surface area contributed by atoms with Crippen molar-refractivity contribution < 1.29 is 4.79 Å². The Balaban J connectivity index is 1.80. The number of carbonyl (C=O) groups excluding carboxylic acids is 1. The van der Waals surface area contributed by atoms with Gasteiger partial charge in [-0.1, -0.05) is 12.8 Å². The molecule has 0 heterocycles. The first-order valence-corrected chi connectivity index (χ1v) is 7.42. The number of nitrogens with two attached hydrogens (primary N) is 1. The van der Waals surface area contributed by atoms with E-state index < -0.39 is 0 Å². The van der Waals surface area contributed by atoms with E-state index >= 15 is 0 Å². The van der Waals surface area contributed by atoms with Crippen LogP contribution in [-0.2, 0) is 0 Å². The number of hydrogen-bond acceptors (Lipinski definition) is 3. The third-order valence-electron chi connectivity index (χ3n) is 4.19. The number of amides is 1. The van der Waals surface area contributed by atoms with Crippen LogP contribution in [0.2, 0.25) is 0 Å². The molecule has 4 nitrogen and oxygen atoms in total. The van der Waals surface area contributed by atoms with E-state index in [1.165, 1.54) is 25.7 Å². The van der Waals surface area contributed by atoms with Gasteiger partial charge in [0, 0.05) is 30.4 Å². The molecule has 4 heteroatoms. The average Bonchev–Trinajstić information content (AvgIpc) is 2.92. The van der Waals surface area contributed by atoms with E-state index in [1.807, 2.05) is 13.0 Å². The number of nitrogens with one attached hydrogen (secondary N) is 1. The fourth-order valence-electron chi connectivity index (χ4n) is 2.91. The summed E-state index contributed by atoms with van der Waals surface area (Å²) in [6.07, 6.45) is 5.26. The normalized spacial score (nSPS) is 15.8. The van der Waals surface area contributed by atoms with Crippen LogP contribution in [0.1, 0.15) is 41.6 Å². The van der Waals surface area contributed by atoms with Crippen molar-refractivity contribution in [3.05, 3.63) is 29.3 Å². The van der Waals surface area contributed by atoms with Gasteiger partial charge in [-0.15, -0.1) is 0 Å². The molecule has 0 atom stereocenters. The number of likely N-dealkylation sites (N-methyl/N-ethyl adjacent to an activating group) is 1. The summed E-state index contributed by atoms with van der Waals surface area (Å²) >= 11 is 0. The highest BCUT2D eigenvalue weighted by Crippen LogP contribution is 2.21. The highest BCUT2D eigenvalue weighted by Gasteiger charge is 2.19. The van der Waals surface area contributed by atoms with Crippen LogP contribution >= 0.6 is 0 Å². The van der Waals surface area contributed by atoms with E-state index in [2.05, 4.69) is 17.3 Å². The molecule has 0 aromatic heterocycles. The Morgan fingerprint density at radius 1 is 1.40 bits per heavy atom. The van der Waals surface area contributed by atoms with E-state index in [1.54, 1.807) is 12.1 Å². The lowest BCUT2D eigenvalue weighted by Gasteiger charge is -2.24. The summed E-state index contributed by atoms with van der Waals surface area (Å²) in [5.41, 5.74) is 8.03. The smallest absolute Gasteiger partial charge is 0.251 e. The van der Waals surface area contributed by atoms with E-state index in [4.69, 9.17) is 5.73 Å². The molecular formula is C16H25N3O. The van der Waals surface area contributed by atoms with Gasteiger partial charge in [0.25, 0.3) is 5.91 Å². The molecule has 0 spiro atoms. The van der Waals surface area contributed by atoms with Crippen molar-refractivity contribution in [1.29, 1.82) is 0 Å². The first-order valence-electron chi connectivity index (χ1n) is 7.42. The van der Waals surface area contributed by atoms with Crippen LogP contribution in [0.4, 0.5) is 5.69 Å². The van der Waals surface area contributed by atoms with Gasteiger partial charge in [-0.25, -0.2) is 0 Å². The minimum Gasteiger partial charge on any atom is -0.399 e. The summed E-state index contributed by atoms with van der Waals surface area (Å²) in [5, 5.41) is 2.99. The second-order valence-electron chi connectivity index (χ2n) is 5.75. The third kappa shape index (κ3) is 3.73. The molecule has 1 aromatic rings. The molecule has 1 fully saturated rings. The zero-order chi connectivity index (χ0) is 14.5. The van der Waals surface area contributed by atoms with Crippen molar-refractivity contribution in [3.63, 3.8) is 0 Å². The van der Waals surface area contributed by atoms with Gasteiger partial charge in [-0.05, 0) is 50.6 Å². The lowest BCUT2D eigenvalue weighted by molar-refractivity contribution is 0.0946. The number of nitrogen functional groups attached to an aromatic ring is 1. The van der Waals surface area contributed by atoms with Gasteiger partial charge in [0.1, 0.15) is 0 Å². The van der Waals surface area contributed by atoms with Crippen LogP contribution in [0.3, 0.4) is 0 Å². The summed E-state index contributed by atoms with van der Waals surface area (Å²) in [6, 6.07) is 6.09. The number of nitrogens with zero attached hydrogens (tertiary/aromatic N) is 1. The number of hydrogen-bond donors (Lipinski definition) is 2. The molecule has 0 saturated heterocycles. The number of rotatable bonds is 5. The molecule has 2 rings (SSSR count). The number of anilines is 1. The second kappa shape index (κ2) is 6.75. The Hall–Kier alpha value is -1.55. The molecule has 0 bridgehead atoms. The van der Waals surface area contributed by atoms with Crippen LogP contribution in [0, 0.1) is 6.92 Å². The molecule has 110 valence electrons. The van der Waals surface area contributed by atoms with E-state index in [0.717, 1.165) is 12.1 Å². The average molecular weight is 275 g/mol. The lowest BCUT2D eigenvalue weighted by atomic mass is 10.1. The van der Waals surface area contributed by atoms with Gasteiger partial charge in [-0.3, -0.25) is 4.79 Å². The molecule has 0 radical (unpaired) electrons. The van der Waals surface area contributed by atoms with Crippen LogP contribution in [-0.4, -0.2) is 37.0 Å². The molecule has 1 amide bonds. The zero-order valence-electron chi connectivity index (χ0n) is 12.5. The largest absolute Gasteiger partial charge is 0.399 e. The molecule has 20 heavy (non-hydrogen) atoms. The fraction of sp³-hybridized carbons (Fsp3) is 0.562. The van der Waals surface area contributed by atoms with Crippen LogP contribution in [0.25, 0.3) is 0 Å². The summed E-state index contributed by atoms with van der Waals surface area (Å²) in [4.78, 5) is 14.5. The standard InChI is InChI=1S/C16H25N3O/c1-12-11-13(17)7-8-15(12)16(20)18-9-10-19(2)14-5-3-4-6-14/h7-8,11,14H,3-6,9-10,17H2,1-2H3,(H,18,20). The number of aryl methyl sites for hydroxylation is 1. The summed E-state index contributed by atoms with van der Waals surface area (Å²) in [5.74, 6) is -0.0117. The van der Waals surface area contributed by atoms with Gasteiger partial charge in [0.05, 0.1) is 0 Å². The SMILES string of the molecule is Cc1cc(N)ccc1C(=O)NCCN(C)C1CCCC1. The molecular weight excluding hydrogens is 250 g/mol. The van der Waals surface area contributed by atoms with E-state index in [9.17, 15) is 4.79 Å². The third-order valence-corrected chi connectivity index (χ3v) is 4.19. The first kappa shape index (κ1) is 14.9. The lowest BCUT2D eigenvalue weighted by Crippen LogP contribution is -2.37. The van der Waals surface area contributed by atoms with Crippen molar-refractivity contribution in [2.24, 2.45) is 0 Å². The maximum absolute atomic E-state index is 12.1. The topological polar surface area (TPSA) is 58.4 Å². The van der Waals surface area contributed by atoms with Crippen molar-refractivity contribution in [3.8, 4) is 0 Å². The Morgan fingerprint density at radius 3 is 2.75 bits per heavy atom. The van der Waals surface area contributed by atoms with E-state index in [0.29, 0.717) is 23.8 Å². The van der Waals surface area contributed by atoms with Gasteiger partial charge in [-0.2, -0.15) is 0 Å². The van der Waals surface area contributed by atoms with Gasteiger partial charge in [0.15, 0.2) is 0 Å². The second-order valence-corrected chi connectivity index (χ2v) is 5.75. The molecule has 1 aliphatic rings. The predicted octanol–water partition coefficient (Wildman–Crippen LogP) is 2.18. The highest BCUT2D eigenvalue weighted by atomic mass is 16.1. The number of carbonyl (C=O) groups is 1. The first-order chi connectivity index (χ1) is 9.58. The zero-order valence-corrected chi connectivity index (χ0v) is 12.5. The monoisotopic (exact) mass is 275 g/mol. The van der Waals surface area contributed by atoms with Crippen molar-refractivity contribution in [2.45, 2.75) is 38.6 Å². The van der Waals surface area contributed by atoms with Crippen LogP contribution < -0.4 is 11.1 Å². The molecule has 1 aliphatic carbocycles. The minimum absolute atomic E-state index is 0.0117. The van der Waals surface area contributed by atoms with Gasteiger partial charge >= 0.3 is 0 Å². The molecule has 0 unspecified atom stereocenters. The van der Waals surface area contributed by atoms with Crippen LogP contribution in [0.5, 0.6) is 0 Å². The Kier molecular flexibility index (Phi) is 5.01. The van der Waals surface area contributed by atoms with Crippen molar-refractivity contribution in [2.75, 3.05) is 25.9 Å². The van der Waals surface area contributed by atoms with Crippen molar-refractivity contribution in [1.82, 2.24) is 10.2 Å². The maximum Gasteiger partial charge on any atom is 0.251 e. The molecule has 1 saturated carbocycles. The van der Waals surface area contributed by atoms with E-state index in [-0.39, 0.29) is 5.91 Å². The maximum atomic E-state index is 12.1. The fourth-order valence-corrected chi connectivity index (χ4v) is 2.91. The van der Waals surface area contributed by atoms with Gasteiger partial charge < -0.3 is 16.0 Å². The Labute approximate surface area is 121 Å². The van der Waals surface area contributed by atoms with Gasteiger partial charge in [0.2, 0.25) is 0 Å². The molecule has 3 N–H and O–H groups in total. The molecule has 1 aromatic carbocycles. The Morgan fingerprint density at radius 2 is 2.10 bits per heavy atom. The summed E-state index contributed by atoms with van der Waals surface area (Å²) in [7, 11) is 2.15. The minimum atomic E-state index is -0.0117. The summed E-state index contributed by atoms with van der Waals surface area (Å²) in [6.45, 7) is 3.51. The van der Waals surface area contributed by atoms with Crippen LogP contribution in [0.15, 0.2) is 18.2 Å². The highest BCUT2D eigenvalue weighted by molar-refractivity contribution is 5.95. The molecule has 0 aliphatic heterocycles. The number of benzene rings is 1. The summed E-state index contributed by atoms with van der Waals surface area (Å²) < 4.78 is 0. The Bertz CT molecular complexity index is 467.